The summed E-state index contributed by atoms with van der Waals surface area (Å²) in [5, 5.41) is 11.7. The fourth-order valence-electron chi connectivity index (χ4n) is 4.62. The molecule has 0 bridgehead atoms. The summed E-state index contributed by atoms with van der Waals surface area (Å²) in [5.41, 5.74) is 0.930. The topological polar surface area (TPSA) is 76.1 Å². The maximum atomic E-state index is 13.2. The third kappa shape index (κ3) is 3.65. The zero-order valence-corrected chi connectivity index (χ0v) is 18.2. The van der Waals surface area contributed by atoms with Gasteiger partial charge < -0.3 is 19.5 Å². The molecule has 7 heteroatoms. The Balaban J connectivity index is 1.97. The fourth-order valence-corrected chi connectivity index (χ4v) is 4.79. The Labute approximate surface area is 186 Å². The minimum atomic E-state index is -0.761. The second-order valence-corrected chi connectivity index (χ2v) is 8.17. The molecule has 1 amide bonds. The third-order valence-corrected chi connectivity index (χ3v) is 6.28. The first kappa shape index (κ1) is 21.2. The highest BCUT2D eigenvalue weighted by Crippen LogP contribution is 2.46. The molecule has 1 saturated carbocycles. The lowest BCUT2D eigenvalue weighted by atomic mass is 9.93. The van der Waals surface area contributed by atoms with Gasteiger partial charge in [0, 0.05) is 16.6 Å². The number of hydrogen-bond acceptors (Lipinski definition) is 5. The molecule has 2 aromatic carbocycles. The van der Waals surface area contributed by atoms with Crippen LogP contribution in [0.3, 0.4) is 0 Å². The van der Waals surface area contributed by atoms with E-state index in [1.54, 1.807) is 30.2 Å². The van der Waals surface area contributed by atoms with Crippen LogP contribution in [-0.2, 0) is 9.59 Å². The van der Waals surface area contributed by atoms with Gasteiger partial charge in [-0.1, -0.05) is 42.6 Å². The van der Waals surface area contributed by atoms with Crippen LogP contribution in [0.25, 0.3) is 5.76 Å². The van der Waals surface area contributed by atoms with E-state index in [1.807, 2.05) is 18.2 Å². The molecule has 2 aliphatic rings. The summed E-state index contributed by atoms with van der Waals surface area (Å²) in [4.78, 5) is 28.0. The van der Waals surface area contributed by atoms with Crippen molar-refractivity contribution in [2.45, 2.75) is 37.8 Å². The molecule has 1 N–H and O–H groups in total. The molecule has 0 aromatic heterocycles. The maximum absolute atomic E-state index is 13.2. The van der Waals surface area contributed by atoms with Crippen LogP contribution in [0.2, 0.25) is 5.02 Å². The van der Waals surface area contributed by atoms with Gasteiger partial charge >= 0.3 is 0 Å². The van der Waals surface area contributed by atoms with Crippen molar-refractivity contribution in [3.05, 3.63) is 64.2 Å². The summed E-state index contributed by atoms with van der Waals surface area (Å²) < 4.78 is 10.9. The Hall–Kier alpha value is -2.99. The fraction of sp³-hybridized carbons (Fsp3) is 0.333. The van der Waals surface area contributed by atoms with Gasteiger partial charge in [-0.15, -0.1) is 0 Å². The molecule has 162 valence electrons. The van der Waals surface area contributed by atoms with Crippen LogP contribution < -0.4 is 9.47 Å². The van der Waals surface area contributed by atoms with Gasteiger partial charge in [0.2, 0.25) is 0 Å². The van der Waals surface area contributed by atoms with E-state index in [9.17, 15) is 14.7 Å². The smallest absolute Gasteiger partial charge is 0.295 e. The van der Waals surface area contributed by atoms with Gasteiger partial charge in [0.15, 0.2) is 0 Å². The lowest BCUT2D eigenvalue weighted by Gasteiger charge is -2.31. The van der Waals surface area contributed by atoms with E-state index in [0.717, 1.165) is 25.7 Å². The standard InChI is InChI=1S/C24H24ClNO5/c1-30-18-10-6-5-9-16(18)21-20(22(27)17-13-14(25)11-12-19(17)31-2)23(28)24(29)26(21)15-7-3-4-8-15/h5-6,9-13,15,21,27H,3-4,7-8H2,1-2H3/b22-20+. The van der Waals surface area contributed by atoms with Crippen LogP contribution >= 0.6 is 11.6 Å². The Kier molecular flexibility index (Phi) is 5.92. The summed E-state index contributed by atoms with van der Waals surface area (Å²) in [7, 11) is 3.01. The number of halogens is 1. The molecule has 31 heavy (non-hydrogen) atoms. The number of carbonyl (C=O) groups excluding carboxylic acids is 2. The second-order valence-electron chi connectivity index (χ2n) is 7.73. The monoisotopic (exact) mass is 441 g/mol. The number of methoxy groups -OCH3 is 2. The maximum Gasteiger partial charge on any atom is 0.295 e. The minimum absolute atomic E-state index is 0.0157. The SMILES string of the molecule is COc1ccc(Cl)cc1/C(O)=C1\C(=O)C(=O)N(C2CCCC2)C1c1ccccc1OC. The van der Waals surface area contributed by atoms with Gasteiger partial charge in [0.05, 0.1) is 31.4 Å². The van der Waals surface area contributed by atoms with E-state index in [2.05, 4.69) is 0 Å². The Morgan fingerprint density at radius 2 is 1.71 bits per heavy atom. The molecule has 2 aromatic rings. The molecule has 1 saturated heterocycles. The van der Waals surface area contributed by atoms with E-state index in [1.165, 1.54) is 13.2 Å². The largest absolute Gasteiger partial charge is 0.507 e. The first-order valence-electron chi connectivity index (χ1n) is 10.2. The second kappa shape index (κ2) is 8.63. The van der Waals surface area contributed by atoms with Crippen LogP contribution in [0.5, 0.6) is 11.5 Å². The number of amides is 1. The van der Waals surface area contributed by atoms with Gasteiger partial charge in [0.1, 0.15) is 17.3 Å². The molecular weight excluding hydrogens is 418 g/mol. The van der Waals surface area contributed by atoms with Crippen molar-refractivity contribution in [1.82, 2.24) is 4.90 Å². The molecule has 6 nitrogen and oxygen atoms in total. The quantitative estimate of drug-likeness (QED) is 0.412. The van der Waals surface area contributed by atoms with Gasteiger partial charge in [-0.3, -0.25) is 9.59 Å². The first-order valence-corrected chi connectivity index (χ1v) is 10.6. The number of aliphatic hydroxyl groups is 1. The van der Waals surface area contributed by atoms with Gasteiger partial charge in [-0.25, -0.2) is 0 Å². The molecule has 1 unspecified atom stereocenters. The molecule has 0 radical (unpaired) electrons. The van der Waals surface area contributed by atoms with Gasteiger partial charge in [0.25, 0.3) is 11.7 Å². The van der Waals surface area contributed by atoms with Crippen molar-refractivity contribution < 1.29 is 24.2 Å². The zero-order chi connectivity index (χ0) is 22.1. The van der Waals surface area contributed by atoms with Crippen LogP contribution in [0.15, 0.2) is 48.0 Å². The Morgan fingerprint density at radius 3 is 2.39 bits per heavy atom. The van der Waals surface area contributed by atoms with Crippen molar-refractivity contribution in [2.75, 3.05) is 14.2 Å². The van der Waals surface area contributed by atoms with Crippen LogP contribution in [0.4, 0.5) is 0 Å². The molecule has 1 aliphatic heterocycles. The number of ether oxygens (including phenoxy) is 2. The lowest BCUT2D eigenvalue weighted by Crippen LogP contribution is -2.37. The molecule has 0 spiro atoms. The Morgan fingerprint density at radius 1 is 1.03 bits per heavy atom. The van der Waals surface area contributed by atoms with Crippen LogP contribution in [-0.4, -0.2) is 42.0 Å². The van der Waals surface area contributed by atoms with E-state index >= 15 is 0 Å². The van der Waals surface area contributed by atoms with Crippen molar-refractivity contribution in [3.8, 4) is 11.5 Å². The molecule has 1 heterocycles. The van der Waals surface area contributed by atoms with E-state index < -0.39 is 17.7 Å². The minimum Gasteiger partial charge on any atom is -0.507 e. The lowest BCUT2D eigenvalue weighted by molar-refractivity contribution is -0.141. The number of ketones is 1. The van der Waals surface area contributed by atoms with Crippen LogP contribution in [0.1, 0.15) is 42.9 Å². The number of carbonyl (C=O) groups is 2. The summed E-state index contributed by atoms with van der Waals surface area (Å²) in [6.07, 6.45) is 3.63. The van der Waals surface area contributed by atoms with E-state index in [0.29, 0.717) is 22.1 Å². The van der Waals surface area contributed by atoms with Crippen LogP contribution in [0, 0.1) is 0 Å². The first-order chi connectivity index (χ1) is 15.0. The van der Waals surface area contributed by atoms with E-state index in [-0.39, 0.29) is 22.9 Å². The number of rotatable bonds is 5. The highest BCUT2D eigenvalue weighted by molar-refractivity contribution is 6.46. The average molecular weight is 442 g/mol. The summed E-state index contributed by atoms with van der Waals surface area (Å²) >= 11 is 6.15. The van der Waals surface area contributed by atoms with Crippen molar-refractivity contribution in [3.63, 3.8) is 0 Å². The van der Waals surface area contributed by atoms with Gasteiger partial charge in [-0.05, 0) is 37.1 Å². The van der Waals surface area contributed by atoms with E-state index in [4.69, 9.17) is 21.1 Å². The molecule has 2 fully saturated rings. The zero-order valence-electron chi connectivity index (χ0n) is 17.4. The third-order valence-electron chi connectivity index (χ3n) is 6.05. The molecule has 4 rings (SSSR count). The van der Waals surface area contributed by atoms with Crippen molar-refractivity contribution >= 4 is 29.1 Å². The number of benzene rings is 2. The number of likely N-dealkylation sites (tertiary alicyclic amines) is 1. The molecule has 1 aliphatic carbocycles. The number of nitrogens with zero attached hydrogens (tertiary/aromatic N) is 1. The highest BCUT2D eigenvalue weighted by Gasteiger charge is 2.50. The summed E-state index contributed by atoms with van der Waals surface area (Å²) in [5.74, 6) is -0.740. The number of hydrogen-bond donors (Lipinski definition) is 1. The predicted octanol–water partition coefficient (Wildman–Crippen LogP) is 4.72. The van der Waals surface area contributed by atoms with Crippen molar-refractivity contribution in [2.24, 2.45) is 0 Å². The number of Topliss-reactive ketones (excluding diaryl/α,β-unsaturated/α-hetero) is 1. The summed E-state index contributed by atoms with van der Waals surface area (Å²) in [6, 6.07) is 11.2. The number of aliphatic hydroxyl groups excluding tert-OH is 1. The Bertz CT molecular complexity index is 1060. The summed E-state index contributed by atoms with van der Waals surface area (Å²) in [6.45, 7) is 0. The molecular formula is C24H24ClNO5. The average Bonchev–Trinajstić information content (AvgIpc) is 3.40. The van der Waals surface area contributed by atoms with Gasteiger partial charge in [-0.2, -0.15) is 0 Å². The highest BCUT2D eigenvalue weighted by atomic mass is 35.5. The number of para-hydroxylation sites is 1. The normalized spacial score (nSPS) is 21.0. The van der Waals surface area contributed by atoms with Crippen molar-refractivity contribution in [1.29, 1.82) is 0 Å². The predicted molar refractivity (Wildman–Crippen MR) is 117 cm³/mol. The molecule has 1 atom stereocenters.